The van der Waals surface area contributed by atoms with E-state index in [1.165, 1.54) is 5.56 Å². The van der Waals surface area contributed by atoms with Gasteiger partial charge in [-0.3, -0.25) is 4.79 Å². The van der Waals surface area contributed by atoms with Crippen molar-refractivity contribution in [1.29, 1.82) is 0 Å². The minimum atomic E-state index is -0.0293. The zero-order valence-corrected chi connectivity index (χ0v) is 22.4. The highest BCUT2D eigenvalue weighted by Crippen LogP contribution is 2.28. The molecule has 2 atom stereocenters. The van der Waals surface area contributed by atoms with Crippen LogP contribution in [0.5, 0.6) is 11.5 Å². The third-order valence-corrected chi connectivity index (χ3v) is 7.29. The van der Waals surface area contributed by atoms with Crippen molar-refractivity contribution in [2.75, 3.05) is 33.4 Å². The zero-order chi connectivity index (χ0) is 26.9. The molecule has 6 heteroatoms. The summed E-state index contributed by atoms with van der Waals surface area (Å²) in [6.45, 7) is 3.39. The summed E-state index contributed by atoms with van der Waals surface area (Å²) in [5, 5.41) is 8.80. The Labute approximate surface area is 230 Å². The van der Waals surface area contributed by atoms with Crippen molar-refractivity contribution in [2.24, 2.45) is 0 Å². The number of methoxy groups -OCH3 is 1. The average molecular weight is 525 g/mol. The Balaban J connectivity index is 1.12. The average Bonchev–Trinajstić information content (AvgIpc) is 2.99. The fourth-order valence-corrected chi connectivity index (χ4v) is 5.25. The minimum absolute atomic E-state index is 0.0115. The maximum absolute atomic E-state index is 13.3. The van der Waals surface area contributed by atoms with Gasteiger partial charge in [0.15, 0.2) is 0 Å². The van der Waals surface area contributed by atoms with Gasteiger partial charge in [0, 0.05) is 36.1 Å². The van der Waals surface area contributed by atoms with Crippen LogP contribution in [-0.2, 0) is 11.3 Å². The number of nitrogens with one attached hydrogen (secondary N) is 2. The second-order valence-corrected chi connectivity index (χ2v) is 9.84. The smallest absolute Gasteiger partial charge is 0.252 e. The normalized spacial score (nSPS) is 17.1. The molecule has 1 aliphatic heterocycles. The largest absolute Gasteiger partial charge is 0.496 e. The van der Waals surface area contributed by atoms with Crippen molar-refractivity contribution in [3.8, 4) is 11.5 Å². The minimum Gasteiger partial charge on any atom is -0.496 e. The molecule has 1 fully saturated rings. The Morgan fingerprint density at radius 3 is 2.59 bits per heavy atom. The van der Waals surface area contributed by atoms with Gasteiger partial charge >= 0.3 is 0 Å². The molecule has 2 N–H and O–H groups in total. The lowest BCUT2D eigenvalue weighted by molar-refractivity contribution is 0.0926. The molecule has 1 saturated heterocycles. The number of carbonyl (C=O) groups is 1. The molecule has 4 aromatic carbocycles. The van der Waals surface area contributed by atoms with Crippen molar-refractivity contribution in [3.63, 3.8) is 0 Å². The Morgan fingerprint density at radius 2 is 1.72 bits per heavy atom. The first-order valence-electron chi connectivity index (χ1n) is 13.6. The molecule has 0 aromatic heterocycles. The first kappa shape index (κ1) is 26.7. The summed E-state index contributed by atoms with van der Waals surface area (Å²) in [7, 11) is 1.67. The van der Waals surface area contributed by atoms with Crippen molar-refractivity contribution < 1.29 is 19.0 Å². The van der Waals surface area contributed by atoms with Crippen molar-refractivity contribution >= 4 is 16.7 Å². The number of ether oxygens (including phenoxy) is 3. The van der Waals surface area contributed by atoms with Crippen LogP contribution in [0.15, 0.2) is 91.0 Å². The van der Waals surface area contributed by atoms with E-state index >= 15 is 0 Å². The molecule has 0 spiro atoms. The van der Waals surface area contributed by atoms with E-state index in [0.29, 0.717) is 25.4 Å². The molecular weight excluding hydrogens is 488 g/mol. The fourth-order valence-electron chi connectivity index (χ4n) is 5.25. The third kappa shape index (κ3) is 6.77. The zero-order valence-electron chi connectivity index (χ0n) is 22.4. The standard InChI is InChI=1S/C33H36N2O4/c1-37-32-13-5-3-9-26(32)23-38-20-7-21-39-27-16-14-25(15-17-27)29-18-19-34-22-31(29)35-33(36)30-12-6-10-24-8-2-4-11-28(24)30/h2-6,8-17,29,31,34H,7,18-23H2,1H3,(H,35,36)/t29-,31-/m0/s1. The van der Waals surface area contributed by atoms with Crippen LogP contribution >= 0.6 is 0 Å². The quantitative estimate of drug-likeness (QED) is 0.246. The van der Waals surface area contributed by atoms with Gasteiger partial charge in [-0.2, -0.15) is 0 Å². The number of hydrogen-bond acceptors (Lipinski definition) is 5. The summed E-state index contributed by atoms with van der Waals surface area (Å²) < 4.78 is 17.1. The van der Waals surface area contributed by atoms with E-state index in [4.69, 9.17) is 14.2 Å². The molecule has 39 heavy (non-hydrogen) atoms. The van der Waals surface area contributed by atoms with E-state index in [1.54, 1.807) is 7.11 Å². The molecular formula is C33H36N2O4. The van der Waals surface area contributed by atoms with Crippen LogP contribution in [0, 0.1) is 0 Å². The topological polar surface area (TPSA) is 68.8 Å². The lowest BCUT2D eigenvalue weighted by atomic mass is 9.85. The van der Waals surface area contributed by atoms with Crippen molar-refractivity contribution in [1.82, 2.24) is 10.6 Å². The number of benzene rings is 4. The highest BCUT2D eigenvalue weighted by Gasteiger charge is 2.28. The number of rotatable bonds is 11. The number of amides is 1. The van der Waals surface area contributed by atoms with Gasteiger partial charge in [-0.05, 0) is 53.6 Å². The first-order chi connectivity index (χ1) is 19.2. The van der Waals surface area contributed by atoms with Gasteiger partial charge in [0.2, 0.25) is 0 Å². The number of carbonyl (C=O) groups excluding carboxylic acids is 1. The molecule has 0 bridgehead atoms. The van der Waals surface area contributed by atoms with Gasteiger partial charge in [0.25, 0.3) is 5.91 Å². The van der Waals surface area contributed by atoms with Gasteiger partial charge in [-0.1, -0.05) is 66.7 Å². The molecule has 4 aromatic rings. The number of piperidine rings is 1. The van der Waals surface area contributed by atoms with Crippen molar-refractivity contribution in [2.45, 2.75) is 31.4 Å². The van der Waals surface area contributed by atoms with Crippen LogP contribution in [0.2, 0.25) is 0 Å². The van der Waals surface area contributed by atoms with Gasteiger partial charge in [-0.25, -0.2) is 0 Å². The maximum atomic E-state index is 13.3. The molecule has 202 valence electrons. The molecule has 0 aliphatic carbocycles. The number of hydrogen-bond donors (Lipinski definition) is 2. The summed E-state index contributed by atoms with van der Waals surface area (Å²) in [6, 6.07) is 30.1. The van der Waals surface area contributed by atoms with Crippen LogP contribution in [-0.4, -0.2) is 45.4 Å². The van der Waals surface area contributed by atoms with E-state index in [2.05, 4.69) is 22.8 Å². The Morgan fingerprint density at radius 1 is 0.923 bits per heavy atom. The fraction of sp³-hybridized carbons (Fsp3) is 0.303. The second-order valence-electron chi connectivity index (χ2n) is 9.84. The van der Waals surface area contributed by atoms with Gasteiger partial charge in [-0.15, -0.1) is 0 Å². The summed E-state index contributed by atoms with van der Waals surface area (Å²) in [5.74, 6) is 1.90. The highest BCUT2D eigenvalue weighted by atomic mass is 16.5. The number of fused-ring (bicyclic) bond motifs is 1. The Bertz CT molecular complexity index is 1370. The maximum Gasteiger partial charge on any atom is 0.252 e. The van der Waals surface area contributed by atoms with E-state index in [1.807, 2.05) is 78.9 Å². The van der Waals surface area contributed by atoms with E-state index < -0.39 is 0 Å². The number of para-hydroxylation sites is 1. The third-order valence-electron chi connectivity index (χ3n) is 7.29. The SMILES string of the molecule is COc1ccccc1COCCCOc1ccc([C@@H]2CCNC[C@@H]2NC(=O)c2cccc3ccccc23)cc1. The Kier molecular flexibility index (Phi) is 9.09. The van der Waals surface area contributed by atoms with Crippen molar-refractivity contribution in [3.05, 3.63) is 108 Å². The van der Waals surface area contributed by atoms with Crippen LogP contribution in [0.25, 0.3) is 10.8 Å². The van der Waals surface area contributed by atoms with E-state index in [9.17, 15) is 4.79 Å². The predicted molar refractivity (Wildman–Crippen MR) is 155 cm³/mol. The second kappa shape index (κ2) is 13.3. The lowest BCUT2D eigenvalue weighted by Gasteiger charge is -2.33. The molecule has 5 rings (SSSR count). The molecule has 0 unspecified atom stereocenters. The summed E-state index contributed by atoms with van der Waals surface area (Å²) >= 11 is 0. The van der Waals surface area contributed by atoms with E-state index in [-0.39, 0.29) is 17.9 Å². The highest BCUT2D eigenvalue weighted by molar-refractivity contribution is 6.07. The lowest BCUT2D eigenvalue weighted by Crippen LogP contribution is -2.50. The molecule has 1 aliphatic rings. The van der Waals surface area contributed by atoms with Gasteiger partial charge in [0.05, 0.1) is 26.9 Å². The van der Waals surface area contributed by atoms with Crippen LogP contribution < -0.4 is 20.1 Å². The summed E-state index contributed by atoms with van der Waals surface area (Å²) in [4.78, 5) is 13.3. The summed E-state index contributed by atoms with van der Waals surface area (Å²) in [6.07, 6.45) is 1.76. The van der Waals surface area contributed by atoms with Gasteiger partial charge < -0.3 is 24.8 Å². The van der Waals surface area contributed by atoms with Crippen LogP contribution in [0.1, 0.15) is 40.2 Å². The molecule has 6 nitrogen and oxygen atoms in total. The Hall–Kier alpha value is -3.87. The van der Waals surface area contributed by atoms with E-state index in [0.717, 1.165) is 53.8 Å². The molecule has 0 radical (unpaired) electrons. The summed E-state index contributed by atoms with van der Waals surface area (Å²) in [5.41, 5.74) is 2.97. The van der Waals surface area contributed by atoms with Gasteiger partial charge in [0.1, 0.15) is 11.5 Å². The molecule has 1 heterocycles. The molecule has 1 amide bonds. The van der Waals surface area contributed by atoms with Crippen LogP contribution in [0.3, 0.4) is 0 Å². The molecule has 0 saturated carbocycles. The predicted octanol–water partition coefficient (Wildman–Crippen LogP) is 5.71. The monoisotopic (exact) mass is 524 g/mol. The van der Waals surface area contributed by atoms with Crippen LogP contribution in [0.4, 0.5) is 0 Å². The first-order valence-corrected chi connectivity index (χ1v) is 13.6.